The first kappa shape index (κ1) is 25.4. The van der Waals surface area contributed by atoms with Crippen LogP contribution in [0.1, 0.15) is 21.9 Å². The molecule has 2 aliphatic rings. The number of nitro groups is 1. The third-order valence-corrected chi connectivity index (χ3v) is 9.32. The number of carbonyl (C=O) groups is 2. The fourth-order valence-electron chi connectivity index (χ4n) is 4.96. The van der Waals surface area contributed by atoms with Crippen LogP contribution >= 0.6 is 34.7 Å². The summed E-state index contributed by atoms with van der Waals surface area (Å²) < 4.78 is 6.19. The standard InChI is InChI=1S/C27H18ClN3O6S2/c28-15-6-11-19(37-13-14-4-2-1-3-5-14)18(12-15)20-21-23(38-24-22(20)39-27(34)29-24)26(33)30(25(21)32)16-7-9-17(10-8-16)31(35)36/h1-12,20-21,23H,13H2,(H,29,34)/t20-,21?,23?/m1/s1. The maximum atomic E-state index is 13.9. The Bertz CT molecular complexity index is 1670. The number of hydrogen-bond donors (Lipinski definition) is 1. The minimum atomic E-state index is -0.853. The van der Waals surface area contributed by atoms with Crippen molar-refractivity contribution in [1.82, 2.24) is 4.98 Å². The van der Waals surface area contributed by atoms with Gasteiger partial charge in [-0.3, -0.25) is 24.5 Å². The van der Waals surface area contributed by atoms with Gasteiger partial charge in [0.15, 0.2) is 0 Å². The summed E-state index contributed by atoms with van der Waals surface area (Å²) in [7, 11) is 0. The number of fused-ring (bicyclic) bond motifs is 2. The molecule has 3 heterocycles. The van der Waals surface area contributed by atoms with Gasteiger partial charge in [-0.25, -0.2) is 4.90 Å². The molecule has 3 aromatic carbocycles. The zero-order chi connectivity index (χ0) is 27.3. The normalized spacial score (nSPS) is 20.0. The number of H-pyrrole nitrogens is 1. The lowest BCUT2D eigenvalue weighted by molar-refractivity contribution is -0.384. The summed E-state index contributed by atoms with van der Waals surface area (Å²) >= 11 is 8.55. The van der Waals surface area contributed by atoms with E-state index in [1.54, 1.807) is 18.2 Å². The van der Waals surface area contributed by atoms with Crippen LogP contribution in [0.5, 0.6) is 5.75 Å². The van der Waals surface area contributed by atoms with Gasteiger partial charge in [0.25, 0.3) is 5.69 Å². The Morgan fingerprint density at radius 3 is 2.46 bits per heavy atom. The van der Waals surface area contributed by atoms with E-state index in [2.05, 4.69) is 4.98 Å². The molecule has 0 spiro atoms. The van der Waals surface area contributed by atoms with Crippen molar-refractivity contribution in [2.45, 2.75) is 22.8 Å². The Labute approximate surface area is 234 Å². The van der Waals surface area contributed by atoms with Gasteiger partial charge >= 0.3 is 4.87 Å². The summed E-state index contributed by atoms with van der Waals surface area (Å²) in [6.45, 7) is 0.267. The van der Waals surface area contributed by atoms with E-state index in [4.69, 9.17) is 16.3 Å². The summed E-state index contributed by atoms with van der Waals surface area (Å²) in [4.78, 5) is 54.7. The van der Waals surface area contributed by atoms with Gasteiger partial charge < -0.3 is 9.72 Å². The van der Waals surface area contributed by atoms with E-state index in [1.165, 1.54) is 24.3 Å². The lowest BCUT2D eigenvalue weighted by Crippen LogP contribution is -2.32. The molecule has 39 heavy (non-hydrogen) atoms. The molecule has 1 fully saturated rings. The summed E-state index contributed by atoms with van der Waals surface area (Å²) in [5, 5.41) is 11.2. The average molecular weight is 580 g/mol. The zero-order valence-corrected chi connectivity index (χ0v) is 22.3. The van der Waals surface area contributed by atoms with Crippen molar-refractivity contribution in [3.05, 3.63) is 114 Å². The number of aromatic amines is 1. The average Bonchev–Trinajstić information content (AvgIpc) is 3.42. The van der Waals surface area contributed by atoms with Crippen molar-refractivity contribution in [2.24, 2.45) is 5.92 Å². The molecule has 196 valence electrons. The topological polar surface area (TPSA) is 123 Å². The molecule has 2 aliphatic heterocycles. The van der Waals surface area contributed by atoms with Crippen molar-refractivity contribution in [3.8, 4) is 5.75 Å². The highest BCUT2D eigenvalue weighted by atomic mass is 35.5. The summed E-state index contributed by atoms with van der Waals surface area (Å²) in [6.07, 6.45) is 0. The molecular weight excluding hydrogens is 562 g/mol. The Morgan fingerprint density at radius 1 is 1.00 bits per heavy atom. The van der Waals surface area contributed by atoms with E-state index in [9.17, 15) is 24.5 Å². The molecule has 0 bridgehead atoms. The number of anilines is 1. The second kappa shape index (κ2) is 9.99. The zero-order valence-electron chi connectivity index (χ0n) is 19.9. The maximum Gasteiger partial charge on any atom is 0.305 e. The van der Waals surface area contributed by atoms with E-state index in [-0.39, 0.29) is 22.9 Å². The third-order valence-electron chi connectivity index (χ3n) is 6.69. The molecule has 4 aromatic rings. The van der Waals surface area contributed by atoms with Crippen LogP contribution in [0, 0.1) is 16.0 Å². The summed E-state index contributed by atoms with van der Waals surface area (Å²) in [6, 6.07) is 20.0. The number of nitro benzene ring substituents is 1. The SMILES string of the molecule is O=C1C2Sc3[nH]c(=O)sc3[C@H](c3cc(Cl)ccc3OCc3ccccc3)C2C(=O)N1c1ccc([N+](=O)[O-])cc1. The minimum absolute atomic E-state index is 0.151. The first-order chi connectivity index (χ1) is 18.8. The van der Waals surface area contributed by atoms with Gasteiger partial charge in [-0.1, -0.05) is 65.0 Å². The van der Waals surface area contributed by atoms with Crippen molar-refractivity contribution >= 4 is 57.9 Å². The molecule has 1 saturated heterocycles. The number of hydrogen-bond acceptors (Lipinski definition) is 8. The number of amides is 2. The molecular formula is C27H18ClN3O6S2. The Morgan fingerprint density at radius 2 is 1.74 bits per heavy atom. The smallest absolute Gasteiger partial charge is 0.305 e. The second-order valence-electron chi connectivity index (χ2n) is 8.99. The summed E-state index contributed by atoms with van der Waals surface area (Å²) in [5.41, 5.74) is 1.63. The quantitative estimate of drug-likeness (QED) is 0.185. The first-order valence-corrected chi connectivity index (χ1v) is 13.9. The van der Waals surface area contributed by atoms with Crippen LogP contribution in [-0.4, -0.2) is 27.0 Å². The largest absolute Gasteiger partial charge is 0.489 e. The minimum Gasteiger partial charge on any atom is -0.489 e. The van der Waals surface area contributed by atoms with E-state index in [0.717, 1.165) is 33.6 Å². The number of carbonyl (C=O) groups excluding carboxylic acids is 2. The van der Waals surface area contributed by atoms with E-state index < -0.39 is 33.8 Å². The van der Waals surface area contributed by atoms with Crippen LogP contribution in [0.4, 0.5) is 11.4 Å². The van der Waals surface area contributed by atoms with Crippen LogP contribution in [0.15, 0.2) is 82.6 Å². The number of ether oxygens (including phenoxy) is 1. The number of halogens is 1. The number of thiazole rings is 1. The van der Waals surface area contributed by atoms with Gasteiger partial charge in [0.1, 0.15) is 17.6 Å². The van der Waals surface area contributed by atoms with E-state index in [0.29, 0.717) is 26.2 Å². The predicted octanol–water partition coefficient (Wildman–Crippen LogP) is 5.37. The molecule has 3 atom stereocenters. The lowest BCUT2D eigenvalue weighted by Gasteiger charge is -2.31. The number of rotatable bonds is 6. The number of non-ortho nitro benzene ring substituents is 1. The Balaban J connectivity index is 1.43. The van der Waals surface area contributed by atoms with Gasteiger partial charge in [-0.15, -0.1) is 0 Å². The van der Waals surface area contributed by atoms with Crippen LogP contribution in [0.3, 0.4) is 0 Å². The van der Waals surface area contributed by atoms with Gasteiger partial charge in [0.05, 0.1) is 21.6 Å². The molecule has 9 nitrogen and oxygen atoms in total. The highest BCUT2D eigenvalue weighted by molar-refractivity contribution is 8.00. The van der Waals surface area contributed by atoms with Gasteiger partial charge in [-0.2, -0.15) is 0 Å². The second-order valence-corrected chi connectivity index (χ2v) is 11.6. The van der Waals surface area contributed by atoms with Gasteiger partial charge in [0.2, 0.25) is 11.8 Å². The molecule has 1 N–H and O–H groups in total. The molecule has 6 rings (SSSR count). The predicted molar refractivity (Wildman–Crippen MR) is 148 cm³/mol. The molecule has 12 heteroatoms. The van der Waals surface area contributed by atoms with Gasteiger partial charge in [-0.05, 0) is 35.9 Å². The molecule has 0 saturated carbocycles. The fourth-order valence-corrected chi connectivity index (χ4v) is 7.65. The third kappa shape index (κ3) is 4.52. The van der Waals surface area contributed by atoms with Crippen molar-refractivity contribution in [1.29, 1.82) is 0 Å². The number of nitrogens with zero attached hydrogens (tertiary/aromatic N) is 2. The summed E-state index contributed by atoms with van der Waals surface area (Å²) in [5.74, 6) is -1.97. The molecule has 2 unspecified atom stereocenters. The van der Waals surface area contributed by atoms with Crippen molar-refractivity contribution in [3.63, 3.8) is 0 Å². The van der Waals surface area contributed by atoms with Gasteiger partial charge in [0, 0.05) is 33.5 Å². The van der Waals surface area contributed by atoms with E-state index >= 15 is 0 Å². The van der Waals surface area contributed by atoms with Crippen molar-refractivity contribution in [2.75, 3.05) is 4.90 Å². The van der Waals surface area contributed by atoms with Crippen LogP contribution in [0.2, 0.25) is 5.02 Å². The van der Waals surface area contributed by atoms with Crippen LogP contribution < -0.4 is 14.5 Å². The molecule has 1 aromatic heterocycles. The number of thioether (sulfide) groups is 1. The van der Waals surface area contributed by atoms with Crippen LogP contribution in [0.25, 0.3) is 0 Å². The first-order valence-electron chi connectivity index (χ1n) is 11.8. The Hall–Kier alpha value is -3.93. The van der Waals surface area contributed by atoms with Crippen molar-refractivity contribution < 1.29 is 19.2 Å². The highest BCUT2D eigenvalue weighted by Gasteiger charge is 2.56. The lowest BCUT2D eigenvalue weighted by atomic mass is 9.82. The maximum absolute atomic E-state index is 13.9. The highest BCUT2D eigenvalue weighted by Crippen LogP contribution is 2.54. The number of benzene rings is 3. The van der Waals surface area contributed by atoms with E-state index in [1.807, 2.05) is 30.3 Å². The fraction of sp³-hybridized carbons (Fsp3) is 0.148. The number of nitrogens with one attached hydrogen (secondary N) is 1. The monoisotopic (exact) mass is 579 g/mol. The number of imide groups is 1. The Kier molecular flexibility index (Phi) is 6.49. The molecule has 0 radical (unpaired) electrons. The molecule has 0 aliphatic carbocycles. The number of aromatic nitrogens is 1. The molecule has 2 amide bonds. The van der Waals surface area contributed by atoms with Crippen LogP contribution in [-0.2, 0) is 16.2 Å².